The number of benzene rings is 2. The highest BCUT2D eigenvalue weighted by Crippen LogP contribution is 2.30. The Kier molecular flexibility index (Phi) is 6.84. The van der Waals surface area contributed by atoms with Crippen molar-refractivity contribution in [3.8, 4) is 0 Å². The molecule has 0 radical (unpaired) electrons. The van der Waals surface area contributed by atoms with Crippen molar-refractivity contribution in [2.45, 2.75) is 6.92 Å². The third kappa shape index (κ3) is 5.36. The van der Waals surface area contributed by atoms with E-state index in [2.05, 4.69) is 30.6 Å². The number of hydrogen-bond donors (Lipinski definition) is 3. The number of aryl methyl sites for hydroxylation is 1. The van der Waals surface area contributed by atoms with Gasteiger partial charge in [-0.1, -0.05) is 12.1 Å². The Bertz CT molecular complexity index is 1230. The van der Waals surface area contributed by atoms with Crippen LogP contribution in [0.5, 0.6) is 0 Å². The molecule has 9 nitrogen and oxygen atoms in total. The summed E-state index contributed by atoms with van der Waals surface area (Å²) in [6.45, 7) is 2.00. The van der Waals surface area contributed by atoms with Crippen LogP contribution in [-0.2, 0) is 11.3 Å². The molecular formula is C19H18F2N7O2S-. The van der Waals surface area contributed by atoms with E-state index in [-0.39, 0.29) is 5.52 Å². The van der Waals surface area contributed by atoms with Gasteiger partial charge in [-0.15, -0.1) is 0 Å². The molecule has 0 saturated carbocycles. The molecule has 0 aliphatic rings. The second kappa shape index (κ2) is 9.55. The molecule has 4 rings (SSSR count). The van der Waals surface area contributed by atoms with E-state index in [9.17, 15) is 8.78 Å². The number of hydrogen-bond acceptors (Lipinski definition) is 7. The minimum atomic E-state index is -2.36. The average Bonchev–Trinajstić information content (AvgIpc) is 3.15. The van der Waals surface area contributed by atoms with Crippen molar-refractivity contribution in [3.05, 3.63) is 65.9 Å². The number of rotatable bonds is 4. The summed E-state index contributed by atoms with van der Waals surface area (Å²) in [7, 11) is 1.75. The first-order chi connectivity index (χ1) is 14.8. The first kappa shape index (κ1) is 22.2. The van der Waals surface area contributed by atoms with Crippen molar-refractivity contribution in [1.82, 2.24) is 20.2 Å². The van der Waals surface area contributed by atoms with E-state index in [4.69, 9.17) is 8.76 Å². The standard InChI is InChI=1S/C19H16F2N6.H3NO2S/c1-11-4-3-5-12(10-11)23-19-22-9-8-15(24-19)27(2)18-13-6-7-14(20)16(21)17(13)25-26-18;1-4(2)3/h3-10H,1-2H3,(H,25,26)(H,22,23,24);1H2,(H,2,3)/p-1. The maximum absolute atomic E-state index is 13.9. The molecule has 1 atom stereocenters. The fourth-order valence-corrected chi connectivity index (χ4v) is 2.83. The SMILES string of the molecule is Cc1cccc(Nc2nccc(N(C)c3n[nH]c4c(F)c(F)ccc34)n2)c1.NS(=O)[O-]. The fraction of sp³-hybridized carbons (Fsp3) is 0.105. The lowest BCUT2D eigenvalue weighted by Crippen LogP contribution is -2.13. The van der Waals surface area contributed by atoms with Gasteiger partial charge in [0, 0.05) is 35.6 Å². The lowest BCUT2D eigenvalue weighted by molar-refractivity contribution is 0.515. The van der Waals surface area contributed by atoms with E-state index < -0.39 is 22.9 Å². The highest BCUT2D eigenvalue weighted by atomic mass is 32.2. The van der Waals surface area contributed by atoms with Crippen molar-refractivity contribution in [1.29, 1.82) is 0 Å². The molecule has 0 bridgehead atoms. The first-order valence-corrected chi connectivity index (χ1v) is 9.96. The smallest absolute Gasteiger partial charge is 0.229 e. The molecule has 162 valence electrons. The molecule has 0 saturated heterocycles. The van der Waals surface area contributed by atoms with Gasteiger partial charge in [0.25, 0.3) is 0 Å². The molecule has 2 aromatic carbocycles. The summed E-state index contributed by atoms with van der Waals surface area (Å²) in [5, 5.41) is 14.3. The zero-order valence-electron chi connectivity index (χ0n) is 16.5. The van der Waals surface area contributed by atoms with Crippen molar-refractivity contribution in [2.24, 2.45) is 5.14 Å². The average molecular weight is 446 g/mol. The van der Waals surface area contributed by atoms with Gasteiger partial charge >= 0.3 is 0 Å². The molecule has 4 aromatic rings. The number of nitrogens with two attached hydrogens (primary N) is 1. The highest BCUT2D eigenvalue weighted by Gasteiger charge is 2.17. The van der Waals surface area contributed by atoms with Gasteiger partial charge in [0.2, 0.25) is 5.95 Å². The van der Waals surface area contributed by atoms with Crippen molar-refractivity contribution >= 4 is 45.4 Å². The maximum Gasteiger partial charge on any atom is 0.229 e. The summed E-state index contributed by atoms with van der Waals surface area (Å²) in [6.07, 6.45) is 1.62. The normalized spacial score (nSPS) is 11.5. The van der Waals surface area contributed by atoms with Crippen molar-refractivity contribution in [2.75, 3.05) is 17.3 Å². The van der Waals surface area contributed by atoms with Gasteiger partial charge in [0.1, 0.15) is 11.3 Å². The lowest BCUT2D eigenvalue weighted by atomic mass is 10.2. The summed E-state index contributed by atoms with van der Waals surface area (Å²) in [5.41, 5.74) is 2.01. The summed E-state index contributed by atoms with van der Waals surface area (Å²) < 4.78 is 44.9. The Hall–Kier alpha value is -3.48. The zero-order valence-corrected chi connectivity index (χ0v) is 17.3. The molecule has 0 amide bonds. The summed E-state index contributed by atoms with van der Waals surface area (Å²) in [5.74, 6) is -0.472. The Morgan fingerprint density at radius 1 is 1.23 bits per heavy atom. The third-order valence-electron chi connectivity index (χ3n) is 4.19. The Morgan fingerprint density at radius 2 is 1.97 bits per heavy atom. The van der Waals surface area contributed by atoms with Crippen LogP contribution in [0.3, 0.4) is 0 Å². The largest absolute Gasteiger partial charge is 0.760 e. The topological polar surface area (TPSA) is 136 Å². The summed E-state index contributed by atoms with van der Waals surface area (Å²) in [4.78, 5) is 10.4. The number of H-pyrrole nitrogens is 1. The van der Waals surface area contributed by atoms with Crippen LogP contribution in [-0.4, -0.2) is 36.0 Å². The van der Waals surface area contributed by atoms with Crippen LogP contribution in [0.1, 0.15) is 5.56 Å². The zero-order chi connectivity index (χ0) is 22.5. The van der Waals surface area contributed by atoms with Crippen LogP contribution in [0.2, 0.25) is 0 Å². The second-order valence-corrected chi connectivity index (χ2v) is 6.90. The minimum absolute atomic E-state index is 0.0176. The molecular weight excluding hydrogens is 428 g/mol. The van der Waals surface area contributed by atoms with Gasteiger partial charge in [-0.25, -0.2) is 13.8 Å². The molecule has 0 aliphatic carbocycles. The van der Waals surface area contributed by atoms with Crippen LogP contribution >= 0.6 is 0 Å². The number of anilines is 4. The van der Waals surface area contributed by atoms with E-state index in [0.717, 1.165) is 17.3 Å². The molecule has 2 heterocycles. The van der Waals surface area contributed by atoms with Gasteiger partial charge in [0.15, 0.2) is 17.5 Å². The number of nitrogens with zero attached hydrogens (tertiary/aromatic N) is 4. The number of fused-ring (bicyclic) bond motifs is 1. The predicted octanol–water partition coefficient (Wildman–Crippen LogP) is 3.19. The number of aromatic amines is 1. The van der Waals surface area contributed by atoms with Crippen LogP contribution in [0.4, 0.5) is 32.1 Å². The summed E-state index contributed by atoms with van der Waals surface area (Å²) >= 11 is -2.36. The number of nitrogens with one attached hydrogen (secondary N) is 2. The molecule has 4 N–H and O–H groups in total. The van der Waals surface area contributed by atoms with E-state index >= 15 is 0 Å². The molecule has 0 fully saturated rings. The number of aromatic nitrogens is 4. The van der Waals surface area contributed by atoms with Crippen molar-refractivity contribution in [3.63, 3.8) is 0 Å². The van der Waals surface area contributed by atoms with Crippen LogP contribution in [0.25, 0.3) is 10.9 Å². The fourth-order valence-electron chi connectivity index (χ4n) is 2.83. The summed E-state index contributed by atoms with van der Waals surface area (Å²) in [6, 6.07) is 12.1. The molecule has 1 unspecified atom stereocenters. The quantitative estimate of drug-likeness (QED) is 0.410. The maximum atomic E-state index is 13.9. The second-order valence-electron chi connectivity index (χ2n) is 6.38. The van der Waals surface area contributed by atoms with Gasteiger partial charge in [-0.3, -0.25) is 14.4 Å². The third-order valence-corrected chi connectivity index (χ3v) is 4.19. The van der Waals surface area contributed by atoms with Gasteiger partial charge in [-0.05, 0) is 42.8 Å². The van der Waals surface area contributed by atoms with Gasteiger partial charge < -0.3 is 14.8 Å². The Morgan fingerprint density at radius 3 is 2.68 bits per heavy atom. The molecule has 2 aromatic heterocycles. The Labute approximate surface area is 178 Å². The predicted molar refractivity (Wildman–Crippen MR) is 114 cm³/mol. The first-order valence-electron chi connectivity index (χ1n) is 8.82. The highest BCUT2D eigenvalue weighted by molar-refractivity contribution is 7.76. The number of halogens is 2. The van der Waals surface area contributed by atoms with Crippen LogP contribution < -0.4 is 15.4 Å². The van der Waals surface area contributed by atoms with Crippen molar-refractivity contribution < 1.29 is 17.5 Å². The lowest BCUT2D eigenvalue weighted by Gasteiger charge is -2.16. The van der Waals surface area contributed by atoms with E-state index in [1.165, 1.54) is 6.07 Å². The molecule has 12 heteroatoms. The molecule has 31 heavy (non-hydrogen) atoms. The minimum Gasteiger partial charge on any atom is -0.760 e. The molecule has 0 spiro atoms. The van der Waals surface area contributed by atoms with E-state index in [0.29, 0.717) is 23.0 Å². The van der Waals surface area contributed by atoms with Gasteiger partial charge in [-0.2, -0.15) is 10.1 Å². The van der Waals surface area contributed by atoms with E-state index in [1.54, 1.807) is 24.2 Å². The van der Waals surface area contributed by atoms with E-state index in [1.807, 2.05) is 31.2 Å². The monoisotopic (exact) mass is 446 g/mol. The molecule has 0 aliphatic heterocycles. The van der Waals surface area contributed by atoms with Crippen LogP contribution in [0, 0.1) is 18.6 Å². The van der Waals surface area contributed by atoms with Gasteiger partial charge in [0.05, 0.1) is 0 Å². The van der Waals surface area contributed by atoms with Crippen LogP contribution in [0.15, 0.2) is 48.7 Å². The Balaban J connectivity index is 0.000000628.